The monoisotopic (exact) mass is 350 g/mol. The second kappa shape index (κ2) is 12.2. The Balaban J connectivity index is 0.000000558. The minimum atomic E-state index is -0.833. The maximum absolute atomic E-state index is 11.9. The maximum atomic E-state index is 11.9. The van der Waals surface area contributed by atoms with Crippen molar-refractivity contribution in [1.29, 1.82) is 0 Å². The molecule has 0 saturated carbocycles. The fourth-order valence-electron chi connectivity index (χ4n) is 3.13. The maximum Gasteiger partial charge on any atom is 0.300 e. The highest BCUT2D eigenvalue weighted by atomic mass is 19.1. The molecule has 2 aliphatic rings. The predicted octanol–water partition coefficient (Wildman–Crippen LogP) is 0.822. The van der Waals surface area contributed by atoms with E-state index < -0.39 is 11.9 Å². The van der Waals surface area contributed by atoms with Crippen LogP contribution in [0.3, 0.4) is 0 Å². The van der Waals surface area contributed by atoms with E-state index in [4.69, 9.17) is 19.8 Å². The Hall–Kier alpha value is -1.25. The van der Waals surface area contributed by atoms with E-state index in [2.05, 4.69) is 10.2 Å². The van der Waals surface area contributed by atoms with Crippen molar-refractivity contribution in [1.82, 2.24) is 10.2 Å². The molecule has 2 aliphatic heterocycles. The number of aliphatic carboxylic acids is 2. The van der Waals surface area contributed by atoms with Crippen LogP contribution in [-0.4, -0.2) is 78.2 Å². The summed E-state index contributed by atoms with van der Waals surface area (Å²) in [6.07, 6.45) is 2.78. The Morgan fingerprint density at radius 3 is 2.25 bits per heavy atom. The van der Waals surface area contributed by atoms with E-state index in [1.165, 1.54) is 0 Å². The second-order valence-electron chi connectivity index (χ2n) is 6.37. The summed E-state index contributed by atoms with van der Waals surface area (Å²) < 4.78 is 11.9. The summed E-state index contributed by atoms with van der Waals surface area (Å²) in [6, 6.07) is 0. The van der Waals surface area contributed by atoms with E-state index in [0.717, 1.165) is 59.4 Å². The zero-order valence-corrected chi connectivity index (χ0v) is 14.6. The number of alkyl halides is 1. The highest BCUT2D eigenvalue weighted by Crippen LogP contribution is 2.38. The highest BCUT2D eigenvalue weighted by Gasteiger charge is 2.48. The van der Waals surface area contributed by atoms with Crippen LogP contribution in [0.1, 0.15) is 33.1 Å². The first-order chi connectivity index (χ1) is 11.3. The Kier molecular flexibility index (Phi) is 11.5. The summed E-state index contributed by atoms with van der Waals surface area (Å²) in [4.78, 5) is 20.4. The quantitative estimate of drug-likeness (QED) is 0.525. The van der Waals surface area contributed by atoms with Crippen molar-refractivity contribution in [2.75, 3.05) is 46.0 Å². The topological polar surface area (TPSA) is 110 Å². The summed E-state index contributed by atoms with van der Waals surface area (Å²) >= 11 is 0. The van der Waals surface area contributed by atoms with Gasteiger partial charge in [0.05, 0.1) is 13.3 Å². The summed E-state index contributed by atoms with van der Waals surface area (Å²) in [7, 11) is 0. The van der Waals surface area contributed by atoms with E-state index in [0.29, 0.717) is 18.9 Å². The van der Waals surface area contributed by atoms with Crippen LogP contribution < -0.4 is 5.32 Å². The van der Waals surface area contributed by atoms with Crippen molar-refractivity contribution < 1.29 is 29.3 Å². The largest absolute Gasteiger partial charge is 0.481 e. The van der Waals surface area contributed by atoms with Gasteiger partial charge in [-0.15, -0.1) is 0 Å². The number of hydrogen-bond donors (Lipinski definition) is 4. The standard InChI is InChI=1S/C12H23FN2O.2C2H4O2/c13-4-2-1-3-5-15-7-11-6-14-8-12(11,9-15)10-16;2*1-2(3)4/h11,14,16H,1-10H2;2*1H3,(H,3,4). The first kappa shape index (κ1) is 22.8. The number of hydrogen-bond acceptors (Lipinski definition) is 5. The number of aliphatic hydroxyl groups excluding tert-OH is 1. The highest BCUT2D eigenvalue weighted by molar-refractivity contribution is 5.63. The zero-order valence-electron chi connectivity index (χ0n) is 14.6. The summed E-state index contributed by atoms with van der Waals surface area (Å²) in [5.74, 6) is -1.06. The number of halogens is 1. The molecule has 2 atom stereocenters. The van der Waals surface area contributed by atoms with Crippen LogP contribution in [0.5, 0.6) is 0 Å². The van der Waals surface area contributed by atoms with Gasteiger partial charge in [0.1, 0.15) is 0 Å². The first-order valence-electron chi connectivity index (χ1n) is 8.26. The number of carboxylic acids is 2. The Bertz CT molecular complexity index is 363. The molecule has 8 heteroatoms. The van der Waals surface area contributed by atoms with Crippen LogP contribution in [0.2, 0.25) is 0 Å². The fourth-order valence-corrected chi connectivity index (χ4v) is 3.13. The molecule has 0 spiro atoms. The van der Waals surface area contributed by atoms with Crippen molar-refractivity contribution in [3.8, 4) is 0 Å². The van der Waals surface area contributed by atoms with Gasteiger partial charge < -0.3 is 25.5 Å². The van der Waals surface area contributed by atoms with E-state index in [1.54, 1.807) is 0 Å². The van der Waals surface area contributed by atoms with Crippen LogP contribution in [0.15, 0.2) is 0 Å². The van der Waals surface area contributed by atoms with Crippen LogP contribution in [0.25, 0.3) is 0 Å². The predicted molar refractivity (Wildman–Crippen MR) is 88.8 cm³/mol. The van der Waals surface area contributed by atoms with Crippen LogP contribution >= 0.6 is 0 Å². The lowest BCUT2D eigenvalue weighted by atomic mass is 9.82. The molecule has 0 aromatic rings. The average molecular weight is 350 g/mol. The van der Waals surface area contributed by atoms with Gasteiger partial charge in [0.2, 0.25) is 0 Å². The number of nitrogens with zero attached hydrogens (tertiary/aromatic N) is 1. The van der Waals surface area contributed by atoms with Gasteiger partial charge in [-0.3, -0.25) is 14.0 Å². The number of carbonyl (C=O) groups is 2. The smallest absolute Gasteiger partial charge is 0.300 e. The number of nitrogens with one attached hydrogen (secondary N) is 1. The molecular weight excluding hydrogens is 319 g/mol. The van der Waals surface area contributed by atoms with Gasteiger partial charge in [-0.2, -0.15) is 0 Å². The van der Waals surface area contributed by atoms with E-state index in [-0.39, 0.29) is 12.1 Å². The molecule has 2 heterocycles. The minimum Gasteiger partial charge on any atom is -0.481 e. The van der Waals surface area contributed by atoms with Crippen LogP contribution in [-0.2, 0) is 9.59 Å². The molecule has 142 valence electrons. The van der Waals surface area contributed by atoms with Gasteiger partial charge in [-0.25, -0.2) is 0 Å². The Morgan fingerprint density at radius 2 is 1.79 bits per heavy atom. The third-order valence-corrected chi connectivity index (χ3v) is 4.17. The van der Waals surface area contributed by atoms with Gasteiger partial charge in [0.15, 0.2) is 0 Å². The molecule has 0 bridgehead atoms. The summed E-state index contributed by atoms with van der Waals surface area (Å²) in [6.45, 7) is 7.45. The SMILES string of the molecule is CC(=O)O.CC(=O)O.OCC12CNCC1CN(CCCCCF)C2. The van der Waals surface area contributed by atoms with Gasteiger partial charge >= 0.3 is 0 Å². The number of unbranched alkanes of at least 4 members (excludes halogenated alkanes) is 2. The molecule has 2 rings (SSSR count). The average Bonchev–Trinajstić information content (AvgIpc) is 2.99. The lowest BCUT2D eigenvalue weighted by Gasteiger charge is -2.25. The zero-order chi connectivity index (χ0) is 18.6. The third-order valence-electron chi connectivity index (χ3n) is 4.17. The molecule has 2 unspecified atom stereocenters. The van der Waals surface area contributed by atoms with Crippen molar-refractivity contribution in [3.05, 3.63) is 0 Å². The normalized spacial score (nSPS) is 25.1. The van der Waals surface area contributed by atoms with Gasteiger partial charge in [0.25, 0.3) is 11.9 Å². The molecule has 7 nitrogen and oxygen atoms in total. The fraction of sp³-hybridized carbons (Fsp3) is 0.875. The van der Waals surface area contributed by atoms with E-state index >= 15 is 0 Å². The van der Waals surface area contributed by atoms with Crippen molar-refractivity contribution >= 4 is 11.9 Å². The minimum absolute atomic E-state index is 0.111. The van der Waals surface area contributed by atoms with E-state index in [1.807, 2.05) is 0 Å². The van der Waals surface area contributed by atoms with Crippen LogP contribution in [0.4, 0.5) is 4.39 Å². The van der Waals surface area contributed by atoms with E-state index in [9.17, 15) is 9.50 Å². The number of likely N-dealkylation sites (tertiary alicyclic amines) is 1. The van der Waals surface area contributed by atoms with Gasteiger partial charge in [-0.1, -0.05) is 0 Å². The summed E-state index contributed by atoms with van der Waals surface area (Å²) in [5, 5.41) is 27.7. The third kappa shape index (κ3) is 9.14. The Morgan fingerprint density at radius 1 is 1.21 bits per heavy atom. The lowest BCUT2D eigenvalue weighted by molar-refractivity contribution is -0.135. The van der Waals surface area contributed by atoms with Crippen LogP contribution in [0, 0.1) is 11.3 Å². The van der Waals surface area contributed by atoms with Crippen molar-refractivity contribution in [2.45, 2.75) is 33.1 Å². The van der Waals surface area contributed by atoms with Gasteiger partial charge in [0, 0.05) is 38.9 Å². The molecule has 0 aromatic carbocycles. The number of aliphatic hydroxyl groups is 1. The lowest BCUT2D eigenvalue weighted by Crippen LogP contribution is -2.36. The molecule has 0 amide bonds. The van der Waals surface area contributed by atoms with Crippen molar-refractivity contribution in [3.63, 3.8) is 0 Å². The first-order valence-corrected chi connectivity index (χ1v) is 8.26. The Labute approximate surface area is 142 Å². The number of fused-ring (bicyclic) bond motifs is 1. The molecule has 0 radical (unpaired) electrons. The number of rotatable bonds is 6. The van der Waals surface area contributed by atoms with Gasteiger partial charge in [-0.05, 0) is 38.3 Å². The molecular formula is C16H31FN2O5. The molecule has 4 N–H and O–H groups in total. The van der Waals surface area contributed by atoms with Crippen molar-refractivity contribution in [2.24, 2.45) is 11.3 Å². The molecule has 0 aliphatic carbocycles. The molecule has 24 heavy (non-hydrogen) atoms. The number of carboxylic acid groups (broad SMARTS) is 2. The molecule has 2 saturated heterocycles. The molecule has 2 fully saturated rings. The summed E-state index contributed by atoms with van der Waals surface area (Å²) in [5.41, 5.74) is 0.111. The molecule has 0 aromatic heterocycles. The second-order valence-corrected chi connectivity index (χ2v) is 6.37.